The van der Waals surface area contributed by atoms with E-state index in [9.17, 15) is 0 Å². The summed E-state index contributed by atoms with van der Waals surface area (Å²) in [6.07, 6.45) is 41.2. The molecular formula is C32H64N2. The van der Waals surface area contributed by atoms with Gasteiger partial charge in [-0.15, -0.1) is 0 Å². The largest absolute Gasteiger partial charge is 0.359 e. The number of unbranched alkanes of at least 4 members (excludes halogenated alkanes) is 22. The van der Waals surface area contributed by atoms with Crippen LogP contribution in [0.3, 0.4) is 0 Å². The smallest absolute Gasteiger partial charge is 0.100 e. The third-order valence-corrected chi connectivity index (χ3v) is 7.93. The molecule has 0 bridgehead atoms. The molecule has 0 radical (unpaired) electrons. The number of nitrogens with zero attached hydrogens (tertiary/aromatic N) is 2. The van der Waals surface area contributed by atoms with Gasteiger partial charge in [0.15, 0.2) is 0 Å². The van der Waals surface area contributed by atoms with Crippen molar-refractivity contribution in [1.29, 1.82) is 0 Å². The van der Waals surface area contributed by atoms with Gasteiger partial charge in [0.05, 0.1) is 0 Å². The maximum absolute atomic E-state index is 2.62. The van der Waals surface area contributed by atoms with Gasteiger partial charge in [0.25, 0.3) is 0 Å². The minimum absolute atomic E-state index is 0.622. The molecule has 0 aromatic heterocycles. The van der Waals surface area contributed by atoms with Crippen LogP contribution in [0.4, 0.5) is 0 Å². The van der Waals surface area contributed by atoms with Gasteiger partial charge in [0.2, 0.25) is 0 Å². The lowest BCUT2D eigenvalue weighted by molar-refractivity contribution is 0.159. The highest BCUT2D eigenvalue weighted by atomic mass is 15.4. The Morgan fingerprint density at radius 3 is 1.21 bits per heavy atom. The Labute approximate surface area is 216 Å². The van der Waals surface area contributed by atoms with Crippen LogP contribution < -0.4 is 0 Å². The zero-order valence-electron chi connectivity index (χ0n) is 24.0. The number of rotatable bonds is 26. The van der Waals surface area contributed by atoms with Gasteiger partial charge >= 0.3 is 0 Å². The summed E-state index contributed by atoms with van der Waals surface area (Å²) in [7, 11) is 2.26. The third kappa shape index (κ3) is 17.7. The van der Waals surface area contributed by atoms with Gasteiger partial charge in [0, 0.05) is 26.0 Å². The Kier molecular flexibility index (Phi) is 22.2. The van der Waals surface area contributed by atoms with Gasteiger partial charge in [0.1, 0.15) is 6.17 Å². The minimum atomic E-state index is 0.622. The second kappa shape index (κ2) is 24.1. The van der Waals surface area contributed by atoms with Gasteiger partial charge in [-0.1, -0.05) is 155 Å². The second-order valence-electron chi connectivity index (χ2n) is 11.2. The van der Waals surface area contributed by atoms with E-state index in [1.165, 1.54) is 167 Å². The summed E-state index contributed by atoms with van der Waals surface area (Å²) in [6.45, 7) is 5.86. The lowest BCUT2D eigenvalue weighted by Gasteiger charge is -2.30. The molecule has 34 heavy (non-hydrogen) atoms. The molecular weight excluding hydrogens is 412 g/mol. The Morgan fingerprint density at radius 2 is 0.794 bits per heavy atom. The van der Waals surface area contributed by atoms with Crippen LogP contribution in [0.25, 0.3) is 0 Å². The van der Waals surface area contributed by atoms with E-state index in [2.05, 4.69) is 43.1 Å². The van der Waals surface area contributed by atoms with E-state index in [0.29, 0.717) is 6.17 Å². The Balaban J connectivity index is 1.88. The van der Waals surface area contributed by atoms with E-state index in [1.54, 1.807) is 0 Å². The molecule has 2 nitrogen and oxygen atoms in total. The Bertz CT molecular complexity index is 433. The molecule has 0 saturated carbocycles. The summed E-state index contributed by atoms with van der Waals surface area (Å²) < 4.78 is 0. The van der Waals surface area contributed by atoms with Crippen molar-refractivity contribution >= 4 is 0 Å². The SMILES string of the molecule is CCCCCCCCCCCCCCCCCCN1C=CN(C)C1CCCCCCCCCC. The van der Waals surface area contributed by atoms with Crippen LogP contribution in [0.1, 0.15) is 174 Å². The van der Waals surface area contributed by atoms with Crippen LogP contribution in [0.5, 0.6) is 0 Å². The molecule has 0 saturated heterocycles. The van der Waals surface area contributed by atoms with E-state index >= 15 is 0 Å². The molecule has 0 aromatic rings. The van der Waals surface area contributed by atoms with Gasteiger partial charge in [-0.3, -0.25) is 0 Å². The van der Waals surface area contributed by atoms with Crippen LogP contribution in [0.2, 0.25) is 0 Å². The quantitative estimate of drug-likeness (QED) is 0.114. The maximum Gasteiger partial charge on any atom is 0.100 e. The first-order chi connectivity index (χ1) is 16.8. The molecule has 1 unspecified atom stereocenters. The van der Waals surface area contributed by atoms with Crippen molar-refractivity contribution in [1.82, 2.24) is 9.80 Å². The van der Waals surface area contributed by atoms with Gasteiger partial charge in [-0.2, -0.15) is 0 Å². The fourth-order valence-corrected chi connectivity index (χ4v) is 5.52. The first-order valence-corrected chi connectivity index (χ1v) is 16.0. The maximum atomic E-state index is 2.62. The lowest BCUT2D eigenvalue weighted by Crippen LogP contribution is -2.37. The predicted molar refractivity (Wildman–Crippen MR) is 154 cm³/mol. The first-order valence-electron chi connectivity index (χ1n) is 16.0. The van der Waals surface area contributed by atoms with Gasteiger partial charge < -0.3 is 9.80 Å². The molecule has 0 aliphatic carbocycles. The molecule has 1 aliphatic heterocycles. The molecule has 0 amide bonds. The summed E-state index contributed by atoms with van der Waals surface area (Å²) >= 11 is 0. The summed E-state index contributed by atoms with van der Waals surface area (Å²) in [4.78, 5) is 5.05. The fraction of sp³-hybridized carbons (Fsp3) is 0.938. The highest BCUT2D eigenvalue weighted by molar-refractivity contribution is 4.95. The van der Waals surface area contributed by atoms with E-state index in [4.69, 9.17) is 0 Å². The average Bonchev–Trinajstić information content (AvgIpc) is 3.19. The van der Waals surface area contributed by atoms with Crippen LogP contribution in [0.15, 0.2) is 12.4 Å². The van der Waals surface area contributed by atoms with Crippen molar-refractivity contribution in [2.24, 2.45) is 0 Å². The molecule has 1 rings (SSSR count). The van der Waals surface area contributed by atoms with Crippen LogP contribution in [-0.4, -0.2) is 29.6 Å². The molecule has 2 heteroatoms. The first kappa shape index (κ1) is 31.4. The summed E-state index contributed by atoms with van der Waals surface area (Å²) in [5.74, 6) is 0. The summed E-state index contributed by atoms with van der Waals surface area (Å²) in [5.41, 5.74) is 0. The fourth-order valence-electron chi connectivity index (χ4n) is 5.52. The lowest BCUT2D eigenvalue weighted by atomic mass is 10.0. The molecule has 202 valence electrons. The zero-order valence-corrected chi connectivity index (χ0v) is 24.0. The monoisotopic (exact) mass is 477 g/mol. The number of hydrogen-bond donors (Lipinski definition) is 0. The van der Waals surface area contributed by atoms with Crippen LogP contribution in [0, 0.1) is 0 Å². The second-order valence-corrected chi connectivity index (χ2v) is 11.2. The third-order valence-electron chi connectivity index (χ3n) is 7.93. The van der Waals surface area contributed by atoms with Crippen molar-refractivity contribution < 1.29 is 0 Å². The van der Waals surface area contributed by atoms with Gasteiger partial charge in [-0.05, 0) is 19.3 Å². The zero-order chi connectivity index (χ0) is 24.5. The molecule has 0 fully saturated rings. The summed E-state index contributed by atoms with van der Waals surface area (Å²) in [5, 5.41) is 0. The predicted octanol–water partition coefficient (Wildman–Crippen LogP) is 10.8. The summed E-state index contributed by atoms with van der Waals surface area (Å²) in [6, 6.07) is 0. The van der Waals surface area contributed by atoms with E-state index in [0.717, 1.165) is 0 Å². The van der Waals surface area contributed by atoms with Crippen molar-refractivity contribution in [2.75, 3.05) is 13.6 Å². The molecule has 1 aliphatic rings. The van der Waals surface area contributed by atoms with Crippen molar-refractivity contribution in [2.45, 2.75) is 181 Å². The van der Waals surface area contributed by atoms with Crippen LogP contribution >= 0.6 is 0 Å². The van der Waals surface area contributed by atoms with Gasteiger partial charge in [-0.25, -0.2) is 0 Å². The normalized spacial score (nSPS) is 15.7. The Hall–Kier alpha value is -0.660. The Morgan fingerprint density at radius 1 is 0.441 bits per heavy atom. The average molecular weight is 477 g/mol. The highest BCUT2D eigenvalue weighted by Gasteiger charge is 2.22. The van der Waals surface area contributed by atoms with Crippen molar-refractivity contribution in [3.63, 3.8) is 0 Å². The van der Waals surface area contributed by atoms with E-state index in [-0.39, 0.29) is 0 Å². The topological polar surface area (TPSA) is 6.48 Å². The molecule has 1 atom stereocenters. The standard InChI is InChI=1S/C32H64N2/c1-4-6-8-10-12-14-15-16-17-18-19-20-21-23-25-27-29-34-31-30-33(3)32(34)28-26-24-22-13-11-9-7-5-2/h30-32H,4-29H2,1-3H3. The molecule has 0 aromatic carbocycles. The minimum Gasteiger partial charge on any atom is -0.359 e. The molecule has 0 N–H and O–H groups in total. The van der Waals surface area contributed by atoms with E-state index < -0.39 is 0 Å². The van der Waals surface area contributed by atoms with Crippen molar-refractivity contribution in [3.8, 4) is 0 Å². The van der Waals surface area contributed by atoms with E-state index in [1.807, 2.05) is 0 Å². The molecule has 1 heterocycles. The number of hydrogen-bond acceptors (Lipinski definition) is 2. The van der Waals surface area contributed by atoms with Crippen molar-refractivity contribution in [3.05, 3.63) is 12.4 Å². The highest BCUT2D eigenvalue weighted by Crippen LogP contribution is 2.21. The van der Waals surface area contributed by atoms with Crippen LogP contribution in [-0.2, 0) is 0 Å². The molecule has 0 spiro atoms.